The van der Waals surface area contributed by atoms with Crippen molar-refractivity contribution in [1.82, 2.24) is 15.2 Å². The molecule has 24 heavy (non-hydrogen) atoms. The van der Waals surface area contributed by atoms with Crippen LogP contribution in [0, 0.1) is 6.92 Å². The maximum absolute atomic E-state index is 12.5. The standard InChI is InChI=1S/C15H15ClN4O3S/c1-3-14-18-19-15(23-14)13-7-11(8-17-13)24(21,22)20-12-5-4-10(16)6-9(12)2/h4-8,17,20H,3H2,1-2H3. The Bertz CT molecular complexity index is 978. The fraction of sp³-hybridized carbons (Fsp3) is 0.200. The molecule has 126 valence electrons. The molecule has 0 bridgehead atoms. The Kier molecular flexibility index (Phi) is 4.33. The predicted octanol–water partition coefficient (Wildman–Crippen LogP) is 3.39. The number of aryl methyl sites for hydroxylation is 2. The lowest BCUT2D eigenvalue weighted by Crippen LogP contribution is -2.12. The van der Waals surface area contributed by atoms with Crippen molar-refractivity contribution in [1.29, 1.82) is 0 Å². The molecule has 2 heterocycles. The molecule has 1 aromatic carbocycles. The molecule has 0 saturated carbocycles. The summed E-state index contributed by atoms with van der Waals surface area (Å²) < 4.78 is 33.0. The van der Waals surface area contributed by atoms with Crippen LogP contribution in [0.2, 0.25) is 5.02 Å². The van der Waals surface area contributed by atoms with Crippen LogP contribution in [0.25, 0.3) is 11.6 Å². The third-order valence-electron chi connectivity index (χ3n) is 3.40. The van der Waals surface area contributed by atoms with Crippen molar-refractivity contribution in [2.45, 2.75) is 25.2 Å². The Balaban J connectivity index is 1.87. The van der Waals surface area contributed by atoms with Gasteiger partial charge in [0.1, 0.15) is 10.6 Å². The van der Waals surface area contributed by atoms with Gasteiger partial charge in [0.25, 0.3) is 15.9 Å². The molecule has 2 N–H and O–H groups in total. The number of aromatic amines is 1. The monoisotopic (exact) mass is 366 g/mol. The molecule has 0 aliphatic rings. The van der Waals surface area contributed by atoms with Gasteiger partial charge in [0.2, 0.25) is 5.89 Å². The van der Waals surface area contributed by atoms with Crippen molar-refractivity contribution < 1.29 is 12.8 Å². The van der Waals surface area contributed by atoms with Crippen LogP contribution in [0.15, 0.2) is 39.8 Å². The second-order valence-electron chi connectivity index (χ2n) is 5.17. The minimum atomic E-state index is -3.75. The molecule has 0 radical (unpaired) electrons. The molecular weight excluding hydrogens is 352 g/mol. The molecule has 0 unspecified atom stereocenters. The Morgan fingerprint density at radius 3 is 2.75 bits per heavy atom. The van der Waals surface area contributed by atoms with Crippen LogP contribution in [0.4, 0.5) is 5.69 Å². The lowest BCUT2D eigenvalue weighted by molar-refractivity contribution is 0.511. The summed E-state index contributed by atoms with van der Waals surface area (Å²) in [6.45, 7) is 3.66. The van der Waals surface area contributed by atoms with E-state index in [2.05, 4.69) is 19.9 Å². The van der Waals surface area contributed by atoms with Crippen molar-refractivity contribution in [3.63, 3.8) is 0 Å². The van der Waals surface area contributed by atoms with Crippen LogP contribution in [0.1, 0.15) is 18.4 Å². The normalized spacial score (nSPS) is 11.6. The minimum absolute atomic E-state index is 0.0723. The molecule has 0 saturated heterocycles. The fourth-order valence-corrected chi connectivity index (χ4v) is 3.45. The van der Waals surface area contributed by atoms with Gasteiger partial charge >= 0.3 is 0 Å². The highest BCUT2D eigenvalue weighted by Gasteiger charge is 2.19. The summed E-state index contributed by atoms with van der Waals surface area (Å²) in [7, 11) is -3.75. The van der Waals surface area contributed by atoms with E-state index in [1.807, 2.05) is 6.92 Å². The number of nitrogens with one attached hydrogen (secondary N) is 2. The highest BCUT2D eigenvalue weighted by atomic mass is 35.5. The predicted molar refractivity (Wildman–Crippen MR) is 90.5 cm³/mol. The molecule has 0 atom stereocenters. The first-order valence-corrected chi connectivity index (χ1v) is 9.05. The number of benzene rings is 1. The van der Waals surface area contributed by atoms with E-state index >= 15 is 0 Å². The molecule has 0 amide bonds. The topological polar surface area (TPSA) is 101 Å². The summed E-state index contributed by atoms with van der Waals surface area (Å²) in [5.74, 6) is 0.731. The SMILES string of the molecule is CCc1nnc(-c2cc(S(=O)(=O)Nc3ccc(Cl)cc3C)c[nH]2)o1. The maximum Gasteiger partial charge on any atom is 0.264 e. The Labute approximate surface area is 144 Å². The molecule has 0 fully saturated rings. The van der Waals surface area contributed by atoms with Gasteiger partial charge in [-0.2, -0.15) is 0 Å². The zero-order valence-electron chi connectivity index (χ0n) is 13.0. The number of rotatable bonds is 5. The number of halogens is 1. The summed E-state index contributed by atoms with van der Waals surface area (Å²) in [5.41, 5.74) is 1.63. The van der Waals surface area contributed by atoms with Gasteiger partial charge in [-0.15, -0.1) is 10.2 Å². The fourth-order valence-electron chi connectivity index (χ4n) is 2.10. The minimum Gasteiger partial charge on any atom is -0.419 e. The van der Waals surface area contributed by atoms with Gasteiger partial charge in [0.15, 0.2) is 0 Å². The maximum atomic E-state index is 12.5. The van der Waals surface area contributed by atoms with Gasteiger partial charge in [0, 0.05) is 17.6 Å². The van der Waals surface area contributed by atoms with E-state index < -0.39 is 10.0 Å². The zero-order valence-corrected chi connectivity index (χ0v) is 14.6. The summed E-state index contributed by atoms with van der Waals surface area (Å²) in [4.78, 5) is 2.91. The van der Waals surface area contributed by atoms with E-state index in [0.29, 0.717) is 28.7 Å². The Morgan fingerprint density at radius 1 is 1.29 bits per heavy atom. The first-order valence-electron chi connectivity index (χ1n) is 7.19. The molecule has 9 heteroatoms. The van der Waals surface area contributed by atoms with Gasteiger partial charge in [-0.25, -0.2) is 8.42 Å². The molecular formula is C15H15ClN4O3S. The molecule has 2 aromatic heterocycles. The largest absolute Gasteiger partial charge is 0.419 e. The quantitative estimate of drug-likeness (QED) is 0.720. The number of H-pyrrole nitrogens is 1. The van der Waals surface area contributed by atoms with E-state index in [9.17, 15) is 8.42 Å². The zero-order chi connectivity index (χ0) is 17.3. The second kappa shape index (κ2) is 6.29. The van der Waals surface area contributed by atoms with E-state index in [-0.39, 0.29) is 10.8 Å². The van der Waals surface area contributed by atoms with Crippen LogP contribution in [-0.2, 0) is 16.4 Å². The average Bonchev–Trinajstić information content (AvgIpc) is 3.18. The molecule has 7 nitrogen and oxygen atoms in total. The van der Waals surface area contributed by atoms with Crippen molar-refractivity contribution in [3.05, 3.63) is 46.9 Å². The number of anilines is 1. The van der Waals surface area contributed by atoms with Crippen LogP contribution < -0.4 is 4.72 Å². The van der Waals surface area contributed by atoms with Gasteiger partial charge < -0.3 is 9.40 Å². The van der Waals surface area contributed by atoms with Gasteiger partial charge in [0.05, 0.1) is 5.69 Å². The third-order valence-corrected chi connectivity index (χ3v) is 4.98. The first kappa shape index (κ1) is 16.5. The number of hydrogen-bond acceptors (Lipinski definition) is 5. The summed E-state index contributed by atoms with van der Waals surface area (Å²) in [5, 5.41) is 8.28. The molecule has 0 aliphatic heterocycles. The molecule has 0 aliphatic carbocycles. The first-order chi connectivity index (χ1) is 11.4. The third kappa shape index (κ3) is 3.29. The van der Waals surface area contributed by atoms with Crippen LogP contribution >= 0.6 is 11.6 Å². The van der Waals surface area contributed by atoms with E-state index in [0.717, 1.165) is 5.56 Å². The summed E-state index contributed by atoms with van der Waals surface area (Å²) in [6, 6.07) is 6.38. The molecule has 3 rings (SSSR count). The number of nitrogens with zero attached hydrogens (tertiary/aromatic N) is 2. The lowest BCUT2D eigenvalue weighted by Gasteiger charge is -2.09. The van der Waals surface area contributed by atoms with Crippen molar-refractivity contribution in [2.75, 3.05) is 4.72 Å². The smallest absolute Gasteiger partial charge is 0.264 e. The van der Waals surface area contributed by atoms with Crippen LogP contribution in [0.3, 0.4) is 0 Å². The average molecular weight is 367 g/mol. The Hall–Kier alpha value is -2.32. The van der Waals surface area contributed by atoms with Crippen LogP contribution in [0.5, 0.6) is 0 Å². The summed E-state index contributed by atoms with van der Waals surface area (Å²) >= 11 is 5.88. The number of sulfonamides is 1. The summed E-state index contributed by atoms with van der Waals surface area (Å²) in [6.07, 6.45) is 1.98. The highest BCUT2D eigenvalue weighted by molar-refractivity contribution is 7.92. The van der Waals surface area contributed by atoms with E-state index in [4.69, 9.17) is 16.0 Å². The Morgan fingerprint density at radius 2 is 2.08 bits per heavy atom. The van der Waals surface area contributed by atoms with Crippen molar-refractivity contribution in [3.8, 4) is 11.6 Å². The van der Waals surface area contributed by atoms with Crippen molar-refractivity contribution >= 4 is 27.3 Å². The number of hydrogen-bond donors (Lipinski definition) is 2. The molecule has 0 spiro atoms. The number of aromatic nitrogens is 3. The van der Waals surface area contributed by atoms with Crippen LogP contribution in [-0.4, -0.2) is 23.6 Å². The van der Waals surface area contributed by atoms with E-state index in [1.165, 1.54) is 12.3 Å². The van der Waals surface area contributed by atoms with Gasteiger partial charge in [-0.05, 0) is 36.8 Å². The lowest BCUT2D eigenvalue weighted by atomic mass is 10.2. The van der Waals surface area contributed by atoms with Crippen molar-refractivity contribution in [2.24, 2.45) is 0 Å². The van der Waals surface area contributed by atoms with E-state index in [1.54, 1.807) is 25.1 Å². The van der Waals surface area contributed by atoms with Gasteiger partial charge in [-0.1, -0.05) is 18.5 Å². The highest BCUT2D eigenvalue weighted by Crippen LogP contribution is 2.25. The second-order valence-corrected chi connectivity index (χ2v) is 7.29. The molecule has 3 aromatic rings. The van der Waals surface area contributed by atoms with Gasteiger partial charge in [-0.3, -0.25) is 4.72 Å².